The predicted octanol–water partition coefficient (Wildman–Crippen LogP) is 5.08. The van der Waals surface area contributed by atoms with Crippen LogP contribution in [0.15, 0.2) is 65.7 Å². The van der Waals surface area contributed by atoms with Gasteiger partial charge in [-0.15, -0.1) is 0 Å². The minimum Gasteiger partial charge on any atom is -0.338 e. The van der Waals surface area contributed by atoms with Gasteiger partial charge in [-0.1, -0.05) is 24.3 Å². The summed E-state index contributed by atoms with van der Waals surface area (Å²) >= 11 is 3.47. The van der Waals surface area contributed by atoms with Crippen molar-refractivity contribution in [3.8, 4) is 28.3 Å². The number of nitrogens with zero attached hydrogens (tertiary/aromatic N) is 5. The average molecular weight is 402 g/mol. The first-order chi connectivity index (χ1) is 12.7. The van der Waals surface area contributed by atoms with Crippen LogP contribution in [0, 0.1) is 6.57 Å². The lowest BCUT2D eigenvalue weighted by Crippen LogP contribution is -2.02. The highest BCUT2D eigenvalue weighted by molar-refractivity contribution is 9.10. The van der Waals surface area contributed by atoms with Gasteiger partial charge in [0.05, 0.1) is 30.2 Å². The molecule has 0 N–H and O–H groups in total. The van der Waals surface area contributed by atoms with Crippen LogP contribution in [0.2, 0.25) is 0 Å². The molecule has 4 aromatic rings. The van der Waals surface area contributed by atoms with Crippen molar-refractivity contribution in [2.75, 3.05) is 0 Å². The Bertz CT molecular complexity index is 1180. The highest BCUT2D eigenvalue weighted by atomic mass is 79.9. The van der Waals surface area contributed by atoms with Gasteiger partial charge >= 0.3 is 0 Å². The lowest BCUT2D eigenvalue weighted by molar-refractivity contribution is 0.790. The van der Waals surface area contributed by atoms with Crippen LogP contribution in [0.3, 0.4) is 0 Å². The van der Waals surface area contributed by atoms with Crippen LogP contribution in [-0.4, -0.2) is 19.1 Å². The van der Waals surface area contributed by atoms with Gasteiger partial charge in [0.2, 0.25) is 0 Å². The van der Waals surface area contributed by atoms with Gasteiger partial charge in [-0.05, 0) is 39.7 Å². The molecule has 0 fully saturated rings. The van der Waals surface area contributed by atoms with Crippen molar-refractivity contribution >= 4 is 21.6 Å². The fraction of sp³-hybridized carbons (Fsp3) is 0.0500. The van der Waals surface area contributed by atoms with Gasteiger partial charge in [0.25, 0.3) is 0 Å². The molecule has 3 aromatic heterocycles. The summed E-state index contributed by atoms with van der Waals surface area (Å²) in [6, 6.07) is 13.8. The maximum absolute atomic E-state index is 7.10. The van der Waals surface area contributed by atoms with E-state index in [0.717, 1.165) is 38.6 Å². The Morgan fingerprint density at radius 1 is 1.08 bits per heavy atom. The summed E-state index contributed by atoms with van der Waals surface area (Å²) in [6.07, 6.45) is 5.91. The Kier molecular flexibility index (Phi) is 3.30. The number of benzene rings is 1. The highest BCUT2D eigenvalue weighted by Crippen LogP contribution is 2.34. The van der Waals surface area contributed by atoms with Crippen molar-refractivity contribution in [2.24, 2.45) is 0 Å². The van der Waals surface area contributed by atoms with E-state index in [4.69, 9.17) is 6.57 Å². The summed E-state index contributed by atoms with van der Waals surface area (Å²) < 4.78 is 5.09. The van der Waals surface area contributed by atoms with Crippen molar-refractivity contribution in [1.29, 1.82) is 0 Å². The van der Waals surface area contributed by atoms with Crippen molar-refractivity contribution < 1.29 is 0 Å². The topological polar surface area (TPSA) is 40.0 Å². The molecule has 0 aliphatic carbocycles. The first-order valence-corrected chi connectivity index (χ1v) is 8.90. The van der Waals surface area contributed by atoms with E-state index in [2.05, 4.69) is 58.2 Å². The number of pyridine rings is 1. The number of halogens is 1. The summed E-state index contributed by atoms with van der Waals surface area (Å²) in [5.74, 6) is 0.900. The Labute approximate surface area is 158 Å². The lowest BCUT2D eigenvalue weighted by Gasteiger charge is -2.08. The second-order valence-corrected chi connectivity index (χ2v) is 6.93. The van der Waals surface area contributed by atoms with Gasteiger partial charge < -0.3 is 4.57 Å². The van der Waals surface area contributed by atoms with Crippen LogP contribution in [0.5, 0.6) is 0 Å². The first-order valence-electron chi connectivity index (χ1n) is 8.10. The summed E-state index contributed by atoms with van der Waals surface area (Å²) in [6.45, 7) is 7.77. The molecule has 4 heterocycles. The summed E-state index contributed by atoms with van der Waals surface area (Å²) in [4.78, 5) is 12.7. The highest BCUT2D eigenvalue weighted by Gasteiger charge is 2.22. The molecule has 0 saturated carbocycles. The molecule has 26 heavy (non-hydrogen) atoms. The number of hydrogen-bond acceptors (Lipinski definition) is 2. The van der Waals surface area contributed by atoms with Gasteiger partial charge in [0, 0.05) is 24.2 Å². The number of fused-ring (bicyclic) bond motifs is 5. The SMILES string of the molecule is [C-]#[N+]c1ccc(-c2cc3n(c2)Cc2nc(Br)ccc2-n2ccnc2-3)cc1. The molecule has 124 valence electrons. The second-order valence-electron chi connectivity index (χ2n) is 6.12. The number of hydrogen-bond donors (Lipinski definition) is 0. The van der Waals surface area contributed by atoms with E-state index in [1.54, 1.807) is 0 Å². The zero-order valence-electron chi connectivity index (χ0n) is 13.6. The van der Waals surface area contributed by atoms with Crippen LogP contribution in [0.1, 0.15) is 5.69 Å². The minimum absolute atomic E-state index is 0.646. The van der Waals surface area contributed by atoms with E-state index in [9.17, 15) is 0 Å². The largest absolute Gasteiger partial charge is 0.338 e. The minimum atomic E-state index is 0.646. The predicted molar refractivity (Wildman–Crippen MR) is 103 cm³/mol. The zero-order valence-corrected chi connectivity index (χ0v) is 15.2. The van der Waals surface area contributed by atoms with Crippen LogP contribution >= 0.6 is 15.9 Å². The van der Waals surface area contributed by atoms with E-state index >= 15 is 0 Å². The normalized spacial score (nSPS) is 11.8. The zero-order chi connectivity index (χ0) is 17.7. The molecule has 5 rings (SSSR count). The molecule has 0 unspecified atom stereocenters. The third kappa shape index (κ3) is 2.29. The molecule has 0 radical (unpaired) electrons. The molecule has 1 aliphatic rings. The molecule has 0 amide bonds. The van der Waals surface area contributed by atoms with E-state index in [1.165, 1.54) is 0 Å². The quantitative estimate of drug-likeness (QED) is 0.290. The maximum Gasteiger partial charge on any atom is 0.187 e. The van der Waals surface area contributed by atoms with Crippen molar-refractivity contribution in [3.63, 3.8) is 0 Å². The van der Waals surface area contributed by atoms with Gasteiger partial charge in [0.1, 0.15) is 4.60 Å². The summed E-state index contributed by atoms with van der Waals surface area (Å²) in [7, 11) is 0. The van der Waals surface area contributed by atoms with Crippen molar-refractivity contribution in [3.05, 3.63) is 82.8 Å². The van der Waals surface area contributed by atoms with Gasteiger partial charge in [-0.25, -0.2) is 14.8 Å². The second kappa shape index (κ2) is 5.68. The molecule has 0 saturated heterocycles. The van der Waals surface area contributed by atoms with Gasteiger partial charge in [-0.3, -0.25) is 4.57 Å². The summed E-state index contributed by atoms with van der Waals surface area (Å²) in [5, 5.41) is 0. The fourth-order valence-electron chi connectivity index (χ4n) is 3.37. The van der Waals surface area contributed by atoms with Gasteiger partial charge in [0.15, 0.2) is 11.5 Å². The summed E-state index contributed by atoms with van der Waals surface area (Å²) in [5.41, 5.74) is 5.92. The number of rotatable bonds is 1. The maximum atomic E-state index is 7.10. The molecule has 0 bridgehead atoms. The standard InChI is InChI=1S/C20H12BrN5/c1-22-15-4-2-13(3-5-15)14-10-18-20-23-8-9-26(20)17-6-7-19(21)24-16(17)12-25(18)11-14/h2-11H,12H2. The Morgan fingerprint density at radius 3 is 2.73 bits per heavy atom. The van der Waals surface area contributed by atoms with Crippen LogP contribution < -0.4 is 0 Å². The molecule has 0 spiro atoms. The number of aromatic nitrogens is 4. The monoisotopic (exact) mass is 401 g/mol. The van der Waals surface area contributed by atoms with Crippen molar-refractivity contribution in [2.45, 2.75) is 6.54 Å². The molecule has 1 aromatic carbocycles. The van der Waals surface area contributed by atoms with Crippen LogP contribution in [0.4, 0.5) is 5.69 Å². The molecule has 0 atom stereocenters. The third-order valence-corrected chi connectivity index (χ3v) is 5.03. The fourth-order valence-corrected chi connectivity index (χ4v) is 3.71. The van der Waals surface area contributed by atoms with Crippen LogP contribution in [-0.2, 0) is 6.54 Å². The molecular formula is C20H12BrN5. The van der Waals surface area contributed by atoms with E-state index < -0.39 is 0 Å². The number of imidazole rings is 1. The molecule has 6 heteroatoms. The Hall–Kier alpha value is -3.17. The average Bonchev–Trinajstić information content (AvgIpc) is 3.27. The van der Waals surface area contributed by atoms with E-state index in [1.807, 2.05) is 42.7 Å². The lowest BCUT2D eigenvalue weighted by atomic mass is 10.1. The van der Waals surface area contributed by atoms with Gasteiger partial charge in [-0.2, -0.15) is 0 Å². The molecular weight excluding hydrogens is 390 g/mol. The van der Waals surface area contributed by atoms with E-state index in [0.29, 0.717) is 12.2 Å². The molecule has 5 nitrogen and oxygen atoms in total. The van der Waals surface area contributed by atoms with Crippen LogP contribution in [0.25, 0.3) is 33.2 Å². The first kappa shape index (κ1) is 15.1. The van der Waals surface area contributed by atoms with E-state index in [-0.39, 0.29) is 0 Å². The molecule has 1 aliphatic heterocycles. The Balaban J connectivity index is 1.68. The third-order valence-electron chi connectivity index (χ3n) is 4.59. The van der Waals surface area contributed by atoms with Crippen molar-refractivity contribution in [1.82, 2.24) is 19.1 Å². The Morgan fingerprint density at radius 2 is 1.92 bits per heavy atom. The smallest absolute Gasteiger partial charge is 0.187 e.